The van der Waals surface area contributed by atoms with Crippen LogP contribution in [0.1, 0.15) is 5.56 Å². The fraction of sp³-hybridized carbons (Fsp3) is 0.143. The second kappa shape index (κ2) is 3.57. The van der Waals surface area contributed by atoms with Crippen molar-refractivity contribution in [3.8, 4) is 0 Å². The lowest BCUT2D eigenvalue weighted by molar-refractivity contribution is 0.691. The van der Waals surface area contributed by atoms with Crippen molar-refractivity contribution in [2.24, 2.45) is 0 Å². The van der Waals surface area contributed by atoms with Gasteiger partial charge in [-0.2, -0.15) is 0 Å². The van der Waals surface area contributed by atoms with Crippen molar-refractivity contribution in [2.75, 3.05) is 0 Å². The Labute approximate surface area is 77.3 Å². The van der Waals surface area contributed by atoms with E-state index >= 15 is 0 Å². The third kappa shape index (κ3) is 1.95. The van der Waals surface area contributed by atoms with Crippen LogP contribution in [0.5, 0.6) is 0 Å². The smallest absolute Gasteiger partial charge is 0.149 e. The molecular weight excluding hydrogens is 203 g/mol. The van der Waals surface area contributed by atoms with Crippen LogP contribution in [0.3, 0.4) is 0 Å². The maximum absolute atomic E-state index is 10.9. The van der Waals surface area contributed by atoms with E-state index in [9.17, 15) is 4.21 Å². The topological polar surface area (TPSA) is 17.1 Å². The zero-order valence-electron chi connectivity index (χ0n) is 5.80. The summed E-state index contributed by atoms with van der Waals surface area (Å²) in [5.74, 6) is 0. The highest BCUT2D eigenvalue weighted by atomic mass is 35.7. The predicted molar refractivity (Wildman–Crippen MR) is 48.5 cm³/mol. The molecule has 0 N–H and O–H groups in total. The van der Waals surface area contributed by atoms with Gasteiger partial charge < -0.3 is 0 Å². The molecule has 1 nitrogen and oxygen atoms in total. The molecule has 0 radical (unpaired) electrons. The summed E-state index contributed by atoms with van der Waals surface area (Å²) in [6, 6.07) is 5.29. The Balaban J connectivity index is 3.32. The van der Waals surface area contributed by atoms with Crippen molar-refractivity contribution in [1.82, 2.24) is 0 Å². The van der Waals surface area contributed by atoms with Crippen LogP contribution < -0.4 is 0 Å². The molecular formula is C7H6Cl2OS. The molecule has 0 aliphatic rings. The van der Waals surface area contributed by atoms with E-state index in [4.69, 9.17) is 22.3 Å². The lowest BCUT2D eigenvalue weighted by Crippen LogP contribution is -1.87. The lowest BCUT2D eigenvalue weighted by atomic mass is 10.2. The fourth-order valence-corrected chi connectivity index (χ4v) is 2.53. The number of hydrogen-bond acceptors (Lipinski definition) is 1. The number of halogens is 2. The number of rotatable bonds is 1. The van der Waals surface area contributed by atoms with Gasteiger partial charge in [-0.1, -0.05) is 23.7 Å². The molecule has 0 amide bonds. The summed E-state index contributed by atoms with van der Waals surface area (Å²) in [5, 5.41) is 0.457. The quantitative estimate of drug-likeness (QED) is 0.650. The van der Waals surface area contributed by atoms with Crippen LogP contribution >= 0.6 is 22.3 Å². The van der Waals surface area contributed by atoms with Crippen molar-refractivity contribution < 1.29 is 4.21 Å². The summed E-state index contributed by atoms with van der Waals surface area (Å²) >= 11 is 5.75. The standard InChI is InChI=1S/C7H6Cl2OS/c1-5-3-2-4-6(8)7(5)11(9)10/h2-4H,1H3. The first-order chi connectivity index (χ1) is 5.13. The average Bonchev–Trinajstić information content (AvgIpc) is 1.85. The van der Waals surface area contributed by atoms with E-state index in [1.54, 1.807) is 12.1 Å². The van der Waals surface area contributed by atoms with Crippen LogP contribution in [0.25, 0.3) is 0 Å². The molecule has 1 rings (SSSR count). The van der Waals surface area contributed by atoms with Gasteiger partial charge >= 0.3 is 0 Å². The van der Waals surface area contributed by atoms with Crippen molar-refractivity contribution in [1.29, 1.82) is 0 Å². The first-order valence-corrected chi connectivity index (χ1v) is 5.31. The van der Waals surface area contributed by atoms with Gasteiger partial charge in [-0.15, -0.1) is 0 Å². The summed E-state index contributed by atoms with van der Waals surface area (Å²) in [6.45, 7) is 1.82. The molecule has 0 aliphatic heterocycles. The third-order valence-electron chi connectivity index (χ3n) is 1.32. The second-order valence-electron chi connectivity index (χ2n) is 2.11. The molecule has 0 saturated carbocycles. The van der Waals surface area contributed by atoms with Gasteiger partial charge in [0, 0.05) is 0 Å². The Hall–Kier alpha value is -0.0500. The van der Waals surface area contributed by atoms with Crippen LogP contribution in [0, 0.1) is 6.92 Å². The second-order valence-corrected chi connectivity index (χ2v) is 4.21. The highest BCUT2D eigenvalue weighted by Crippen LogP contribution is 2.24. The van der Waals surface area contributed by atoms with Crippen molar-refractivity contribution in [3.05, 3.63) is 28.8 Å². The van der Waals surface area contributed by atoms with Gasteiger partial charge in [0.2, 0.25) is 0 Å². The Morgan fingerprint density at radius 1 is 1.45 bits per heavy atom. The predicted octanol–water partition coefficient (Wildman–Crippen LogP) is 2.91. The van der Waals surface area contributed by atoms with Crippen LogP contribution in [-0.4, -0.2) is 4.21 Å². The maximum atomic E-state index is 10.9. The van der Waals surface area contributed by atoms with Gasteiger partial charge in [0.15, 0.2) is 0 Å². The van der Waals surface area contributed by atoms with Crippen LogP contribution in [0.2, 0.25) is 5.02 Å². The zero-order valence-corrected chi connectivity index (χ0v) is 8.13. The highest BCUT2D eigenvalue weighted by Gasteiger charge is 2.07. The molecule has 0 aliphatic carbocycles. The SMILES string of the molecule is Cc1cccc(Cl)c1S(=O)Cl. The normalized spacial score (nSPS) is 13.0. The van der Waals surface area contributed by atoms with Gasteiger partial charge in [-0.25, -0.2) is 4.21 Å². The minimum Gasteiger partial charge on any atom is -0.237 e. The number of aryl methyl sites for hydroxylation is 1. The largest absolute Gasteiger partial charge is 0.237 e. The average molecular weight is 209 g/mol. The first kappa shape index (κ1) is 9.04. The molecule has 1 atom stereocenters. The molecule has 4 heteroatoms. The summed E-state index contributed by atoms with van der Waals surface area (Å²) in [7, 11) is 3.89. The molecule has 0 saturated heterocycles. The Morgan fingerprint density at radius 3 is 2.45 bits per heavy atom. The van der Waals surface area contributed by atoms with Crippen molar-refractivity contribution in [2.45, 2.75) is 11.8 Å². The summed E-state index contributed by atoms with van der Waals surface area (Å²) in [4.78, 5) is 0.510. The zero-order chi connectivity index (χ0) is 8.43. The molecule has 0 aromatic heterocycles. The highest BCUT2D eigenvalue weighted by molar-refractivity contribution is 8.08. The van der Waals surface area contributed by atoms with Crippen molar-refractivity contribution in [3.63, 3.8) is 0 Å². The van der Waals surface area contributed by atoms with Gasteiger partial charge in [-0.3, -0.25) is 0 Å². The third-order valence-corrected chi connectivity index (χ3v) is 3.08. The number of benzene rings is 1. The maximum Gasteiger partial charge on any atom is 0.149 e. The molecule has 0 fully saturated rings. The van der Waals surface area contributed by atoms with Gasteiger partial charge in [-0.05, 0) is 29.2 Å². The van der Waals surface area contributed by atoms with E-state index in [0.717, 1.165) is 5.56 Å². The monoisotopic (exact) mass is 208 g/mol. The Kier molecular flexibility index (Phi) is 2.93. The molecule has 1 aromatic rings. The van der Waals surface area contributed by atoms with E-state index in [-0.39, 0.29) is 0 Å². The number of hydrogen-bond donors (Lipinski definition) is 0. The van der Waals surface area contributed by atoms with Crippen LogP contribution in [0.15, 0.2) is 23.1 Å². The summed E-state index contributed by atoms with van der Waals surface area (Å²) < 4.78 is 10.9. The first-order valence-electron chi connectivity index (χ1n) is 2.96. The molecule has 1 unspecified atom stereocenters. The van der Waals surface area contributed by atoms with E-state index in [1.807, 2.05) is 13.0 Å². The molecule has 60 valence electrons. The van der Waals surface area contributed by atoms with Gasteiger partial charge in [0.1, 0.15) is 10.0 Å². The van der Waals surface area contributed by atoms with Crippen molar-refractivity contribution >= 4 is 32.3 Å². The Bertz CT molecular complexity index is 278. The molecule has 0 bridgehead atoms. The van der Waals surface area contributed by atoms with E-state index in [2.05, 4.69) is 0 Å². The fourth-order valence-electron chi connectivity index (χ4n) is 0.820. The minimum atomic E-state index is -1.51. The van der Waals surface area contributed by atoms with Gasteiger partial charge in [0.25, 0.3) is 0 Å². The van der Waals surface area contributed by atoms with E-state index in [0.29, 0.717) is 9.92 Å². The summed E-state index contributed by atoms with van der Waals surface area (Å²) in [5.41, 5.74) is 0.853. The Morgan fingerprint density at radius 2 is 2.09 bits per heavy atom. The molecule has 0 heterocycles. The summed E-state index contributed by atoms with van der Waals surface area (Å²) in [6.07, 6.45) is 0. The minimum absolute atomic E-state index is 0.457. The molecule has 0 spiro atoms. The molecule has 1 aromatic carbocycles. The van der Waals surface area contributed by atoms with Crippen LogP contribution in [-0.2, 0) is 10.0 Å². The molecule has 11 heavy (non-hydrogen) atoms. The van der Waals surface area contributed by atoms with E-state index in [1.165, 1.54) is 0 Å². The van der Waals surface area contributed by atoms with Gasteiger partial charge in [0.05, 0.1) is 9.92 Å². The lowest BCUT2D eigenvalue weighted by Gasteiger charge is -2.01. The van der Waals surface area contributed by atoms with Crippen LogP contribution in [0.4, 0.5) is 0 Å². The van der Waals surface area contributed by atoms with E-state index < -0.39 is 10.0 Å².